The summed E-state index contributed by atoms with van der Waals surface area (Å²) in [7, 11) is 0. The molecule has 0 aliphatic carbocycles. The summed E-state index contributed by atoms with van der Waals surface area (Å²) in [6, 6.07) is 15.7. The SMILES string of the molecule is CC1CNCCN1C(=O)c1ccc(COc2ccccc2Br)cc1. The summed E-state index contributed by atoms with van der Waals surface area (Å²) in [5, 5.41) is 3.30. The molecule has 1 aliphatic rings. The van der Waals surface area contributed by atoms with Gasteiger partial charge in [-0.2, -0.15) is 0 Å². The van der Waals surface area contributed by atoms with E-state index in [2.05, 4.69) is 28.2 Å². The lowest BCUT2D eigenvalue weighted by molar-refractivity contribution is 0.0655. The number of amides is 1. The Hall–Kier alpha value is -1.85. The Morgan fingerprint density at radius 3 is 2.71 bits per heavy atom. The Labute approximate surface area is 150 Å². The number of halogens is 1. The first-order valence-electron chi connectivity index (χ1n) is 8.13. The van der Waals surface area contributed by atoms with E-state index < -0.39 is 0 Å². The molecule has 2 aromatic carbocycles. The third kappa shape index (κ3) is 3.97. The highest BCUT2D eigenvalue weighted by atomic mass is 79.9. The zero-order chi connectivity index (χ0) is 16.9. The molecule has 0 bridgehead atoms. The van der Waals surface area contributed by atoms with Crippen LogP contribution in [-0.2, 0) is 6.61 Å². The maximum atomic E-state index is 12.6. The molecule has 3 rings (SSSR count). The fourth-order valence-electron chi connectivity index (χ4n) is 2.77. The van der Waals surface area contributed by atoms with Gasteiger partial charge < -0.3 is 15.0 Å². The minimum Gasteiger partial charge on any atom is -0.488 e. The van der Waals surface area contributed by atoms with Gasteiger partial charge in [0.1, 0.15) is 12.4 Å². The number of ether oxygens (including phenoxy) is 1. The zero-order valence-corrected chi connectivity index (χ0v) is 15.3. The molecule has 0 aromatic heterocycles. The first kappa shape index (κ1) is 17.0. The lowest BCUT2D eigenvalue weighted by Gasteiger charge is -2.34. The Morgan fingerprint density at radius 1 is 1.25 bits per heavy atom. The number of carbonyl (C=O) groups is 1. The minimum absolute atomic E-state index is 0.0993. The number of piperazine rings is 1. The predicted molar refractivity (Wildman–Crippen MR) is 98.3 cm³/mol. The highest BCUT2D eigenvalue weighted by Crippen LogP contribution is 2.24. The van der Waals surface area contributed by atoms with E-state index in [-0.39, 0.29) is 11.9 Å². The average Bonchev–Trinajstić information content (AvgIpc) is 2.61. The second kappa shape index (κ2) is 7.81. The molecule has 0 saturated carbocycles. The molecule has 126 valence electrons. The molecule has 1 saturated heterocycles. The van der Waals surface area contributed by atoms with E-state index in [4.69, 9.17) is 4.74 Å². The fourth-order valence-corrected chi connectivity index (χ4v) is 3.17. The first-order chi connectivity index (χ1) is 11.6. The molecule has 1 amide bonds. The number of hydrogen-bond acceptors (Lipinski definition) is 3. The van der Waals surface area contributed by atoms with Crippen LogP contribution in [0.3, 0.4) is 0 Å². The molecule has 1 fully saturated rings. The van der Waals surface area contributed by atoms with Crippen molar-refractivity contribution < 1.29 is 9.53 Å². The molecule has 1 N–H and O–H groups in total. The van der Waals surface area contributed by atoms with Crippen LogP contribution in [-0.4, -0.2) is 36.5 Å². The van der Waals surface area contributed by atoms with Crippen molar-refractivity contribution in [3.63, 3.8) is 0 Å². The number of nitrogens with one attached hydrogen (secondary N) is 1. The molecule has 1 unspecified atom stereocenters. The molecule has 2 aromatic rings. The molecule has 1 atom stereocenters. The number of rotatable bonds is 4. The zero-order valence-electron chi connectivity index (χ0n) is 13.7. The van der Waals surface area contributed by atoms with Gasteiger partial charge in [-0.1, -0.05) is 24.3 Å². The number of para-hydroxylation sites is 1. The van der Waals surface area contributed by atoms with Crippen LogP contribution in [0.2, 0.25) is 0 Å². The van der Waals surface area contributed by atoms with Crippen LogP contribution in [0, 0.1) is 0 Å². The summed E-state index contributed by atoms with van der Waals surface area (Å²) in [6.45, 7) is 5.01. The lowest BCUT2D eigenvalue weighted by Crippen LogP contribution is -2.52. The minimum atomic E-state index is 0.0993. The molecule has 0 spiro atoms. The quantitative estimate of drug-likeness (QED) is 0.871. The fraction of sp³-hybridized carbons (Fsp3) is 0.316. The average molecular weight is 389 g/mol. The van der Waals surface area contributed by atoms with Crippen LogP contribution in [0.4, 0.5) is 0 Å². The van der Waals surface area contributed by atoms with Crippen molar-refractivity contribution in [1.29, 1.82) is 0 Å². The standard InChI is InChI=1S/C19H21BrN2O2/c1-14-12-21-10-11-22(14)19(23)16-8-6-15(7-9-16)13-24-18-5-3-2-4-17(18)20/h2-9,14,21H,10-13H2,1H3. The third-order valence-electron chi connectivity index (χ3n) is 4.19. The van der Waals surface area contributed by atoms with Gasteiger partial charge in [0.2, 0.25) is 0 Å². The predicted octanol–water partition coefficient (Wildman–Crippen LogP) is 3.46. The van der Waals surface area contributed by atoms with E-state index in [1.807, 2.05) is 53.4 Å². The maximum Gasteiger partial charge on any atom is 0.254 e. The van der Waals surface area contributed by atoms with E-state index in [9.17, 15) is 4.79 Å². The van der Waals surface area contributed by atoms with Crippen molar-refractivity contribution in [2.75, 3.05) is 19.6 Å². The van der Waals surface area contributed by atoms with Crippen molar-refractivity contribution in [2.45, 2.75) is 19.6 Å². The Morgan fingerprint density at radius 2 is 2.00 bits per heavy atom. The Bertz CT molecular complexity index is 703. The van der Waals surface area contributed by atoms with Crippen molar-refractivity contribution >= 4 is 21.8 Å². The van der Waals surface area contributed by atoms with Crippen molar-refractivity contribution in [2.24, 2.45) is 0 Å². The summed E-state index contributed by atoms with van der Waals surface area (Å²) in [4.78, 5) is 14.5. The Kier molecular flexibility index (Phi) is 5.53. The maximum absolute atomic E-state index is 12.6. The molecule has 1 heterocycles. The van der Waals surface area contributed by atoms with Crippen LogP contribution in [0.1, 0.15) is 22.8 Å². The van der Waals surface area contributed by atoms with Gasteiger partial charge in [-0.25, -0.2) is 0 Å². The van der Waals surface area contributed by atoms with Crippen LogP contribution in [0.5, 0.6) is 5.75 Å². The molecule has 1 aliphatic heterocycles. The van der Waals surface area contributed by atoms with Gasteiger partial charge >= 0.3 is 0 Å². The second-order valence-corrected chi connectivity index (χ2v) is 6.82. The van der Waals surface area contributed by atoms with Crippen molar-refractivity contribution in [1.82, 2.24) is 10.2 Å². The van der Waals surface area contributed by atoms with Crippen molar-refractivity contribution in [3.8, 4) is 5.75 Å². The largest absolute Gasteiger partial charge is 0.488 e. The van der Waals surface area contributed by atoms with E-state index >= 15 is 0 Å². The summed E-state index contributed by atoms with van der Waals surface area (Å²) in [6.07, 6.45) is 0. The first-order valence-corrected chi connectivity index (χ1v) is 8.92. The van der Waals surface area contributed by atoms with Crippen molar-refractivity contribution in [3.05, 3.63) is 64.1 Å². The van der Waals surface area contributed by atoms with Gasteiger partial charge in [0.05, 0.1) is 4.47 Å². The third-order valence-corrected chi connectivity index (χ3v) is 4.85. The smallest absolute Gasteiger partial charge is 0.254 e. The summed E-state index contributed by atoms with van der Waals surface area (Å²) >= 11 is 3.47. The highest BCUT2D eigenvalue weighted by Gasteiger charge is 2.23. The van der Waals surface area contributed by atoms with E-state index in [0.717, 1.165) is 41.0 Å². The second-order valence-electron chi connectivity index (χ2n) is 5.97. The topological polar surface area (TPSA) is 41.6 Å². The van der Waals surface area contributed by atoms with Gasteiger partial charge in [-0.05, 0) is 52.7 Å². The van der Waals surface area contributed by atoms with Gasteiger partial charge in [-0.15, -0.1) is 0 Å². The molecule has 4 nitrogen and oxygen atoms in total. The summed E-state index contributed by atoms with van der Waals surface area (Å²) in [5.74, 6) is 0.912. The number of hydrogen-bond donors (Lipinski definition) is 1. The normalized spacial score (nSPS) is 17.6. The lowest BCUT2D eigenvalue weighted by atomic mass is 10.1. The number of benzene rings is 2. The van der Waals surface area contributed by atoms with Crippen LogP contribution >= 0.6 is 15.9 Å². The highest BCUT2D eigenvalue weighted by molar-refractivity contribution is 9.10. The van der Waals surface area contributed by atoms with Gasteiger partial charge in [0, 0.05) is 31.2 Å². The van der Waals surface area contributed by atoms with Gasteiger partial charge in [-0.3, -0.25) is 4.79 Å². The Balaban J connectivity index is 1.63. The summed E-state index contributed by atoms with van der Waals surface area (Å²) < 4.78 is 6.74. The van der Waals surface area contributed by atoms with Crippen LogP contribution in [0.25, 0.3) is 0 Å². The van der Waals surface area contributed by atoms with E-state index in [1.54, 1.807) is 0 Å². The molecule has 5 heteroatoms. The van der Waals surface area contributed by atoms with E-state index in [1.165, 1.54) is 0 Å². The monoisotopic (exact) mass is 388 g/mol. The summed E-state index contributed by atoms with van der Waals surface area (Å²) in [5.41, 5.74) is 1.77. The molecule has 24 heavy (non-hydrogen) atoms. The van der Waals surface area contributed by atoms with E-state index in [0.29, 0.717) is 6.61 Å². The molecular formula is C19H21BrN2O2. The van der Waals surface area contributed by atoms with Crippen LogP contribution < -0.4 is 10.1 Å². The molecular weight excluding hydrogens is 368 g/mol. The van der Waals surface area contributed by atoms with Gasteiger partial charge in [0.25, 0.3) is 5.91 Å². The number of carbonyl (C=O) groups excluding carboxylic acids is 1. The van der Waals surface area contributed by atoms with Gasteiger partial charge in [0.15, 0.2) is 0 Å². The molecule has 0 radical (unpaired) electrons. The number of nitrogens with zero attached hydrogens (tertiary/aromatic N) is 1. The van der Waals surface area contributed by atoms with Crippen LogP contribution in [0.15, 0.2) is 53.0 Å².